The molecule has 0 bridgehead atoms. The van der Waals surface area contributed by atoms with Gasteiger partial charge in [0.15, 0.2) is 5.11 Å². The van der Waals surface area contributed by atoms with Crippen LogP contribution in [0.2, 0.25) is 0 Å². The number of ether oxygens (including phenoxy) is 1. The lowest BCUT2D eigenvalue weighted by Gasteiger charge is -2.14. The first-order valence-corrected chi connectivity index (χ1v) is 10.3. The number of esters is 1. The van der Waals surface area contributed by atoms with Crippen LogP contribution in [0.3, 0.4) is 0 Å². The predicted octanol–water partition coefficient (Wildman–Crippen LogP) is 4.83. The molecule has 3 rings (SSSR count). The maximum atomic E-state index is 12.5. The van der Waals surface area contributed by atoms with Crippen molar-refractivity contribution in [3.8, 4) is 0 Å². The molecule has 0 saturated carbocycles. The second-order valence-corrected chi connectivity index (χ2v) is 7.98. The molecule has 2 aromatic rings. The van der Waals surface area contributed by atoms with E-state index in [2.05, 4.69) is 10.6 Å². The van der Waals surface area contributed by atoms with Gasteiger partial charge in [0.05, 0.1) is 17.1 Å². The Morgan fingerprint density at radius 3 is 2.79 bits per heavy atom. The van der Waals surface area contributed by atoms with Crippen LogP contribution >= 0.6 is 23.6 Å². The van der Waals surface area contributed by atoms with Crippen molar-refractivity contribution in [2.45, 2.75) is 39.5 Å². The molecular formula is C19H21N3O4S2. The third kappa shape index (κ3) is 4.31. The number of thiophene rings is 1. The first-order valence-electron chi connectivity index (χ1n) is 9.05. The molecule has 1 aromatic heterocycles. The van der Waals surface area contributed by atoms with Gasteiger partial charge in [-0.05, 0) is 62.9 Å². The van der Waals surface area contributed by atoms with Crippen molar-refractivity contribution in [2.24, 2.45) is 0 Å². The molecule has 9 heteroatoms. The second kappa shape index (κ2) is 8.66. The number of nitrogens with one attached hydrogen (secondary N) is 2. The van der Waals surface area contributed by atoms with E-state index in [9.17, 15) is 14.9 Å². The van der Waals surface area contributed by atoms with Crippen LogP contribution in [-0.4, -0.2) is 22.6 Å². The van der Waals surface area contributed by atoms with E-state index in [0.29, 0.717) is 22.9 Å². The van der Waals surface area contributed by atoms with Gasteiger partial charge in [-0.25, -0.2) is 4.79 Å². The summed E-state index contributed by atoms with van der Waals surface area (Å²) in [6.45, 7) is 3.92. The van der Waals surface area contributed by atoms with Crippen molar-refractivity contribution in [3.05, 3.63) is 49.9 Å². The van der Waals surface area contributed by atoms with Crippen LogP contribution in [0.5, 0.6) is 0 Å². The number of nitro groups is 1. The molecule has 2 N–H and O–H groups in total. The molecule has 28 heavy (non-hydrogen) atoms. The molecule has 0 atom stereocenters. The monoisotopic (exact) mass is 419 g/mol. The van der Waals surface area contributed by atoms with Gasteiger partial charge < -0.3 is 15.4 Å². The summed E-state index contributed by atoms with van der Waals surface area (Å²) in [6, 6.07) is 4.55. The quantitative estimate of drug-likeness (QED) is 0.310. The first-order chi connectivity index (χ1) is 13.4. The van der Waals surface area contributed by atoms with Crippen molar-refractivity contribution < 1.29 is 14.5 Å². The van der Waals surface area contributed by atoms with Gasteiger partial charge in [0, 0.05) is 22.7 Å². The smallest absolute Gasteiger partial charge is 0.341 e. The number of carbonyl (C=O) groups excluding carboxylic acids is 1. The minimum atomic E-state index is -0.451. The van der Waals surface area contributed by atoms with Crippen LogP contribution in [-0.2, 0) is 17.6 Å². The molecule has 0 aliphatic heterocycles. The van der Waals surface area contributed by atoms with E-state index >= 15 is 0 Å². The number of anilines is 2. The SMILES string of the molecule is CCOC(=O)c1c(NC(=S)Nc2cc([N+](=O)[O-])ccc2C)sc2c1CCCC2. The number of non-ortho nitro benzene ring substituents is 1. The van der Waals surface area contributed by atoms with Crippen LogP contribution in [0.25, 0.3) is 0 Å². The Balaban J connectivity index is 1.84. The molecule has 1 heterocycles. The normalized spacial score (nSPS) is 12.8. The highest BCUT2D eigenvalue weighted by Gasteiger charge is 2.26. The fourth-order valence-corrected chi connectivity index (χ4v) is 4.75. The zero-order chi connectivity index (χ0) is 20.3. The highest BCUT2D eigenvalue weighted by atomic mass is 32.1. The molecule has 0 fully saturated rings. The van der Waals surface area contributed by atoms with E-state index in [1.54, 1.807) is 13.0 Å². The highest BCUT2D eigenvalue weighted by molar-refractivity contribution is 7.80. The van der Waals surface area contributed by atoms with Crippen molar-refractivity contribution in [2.75, 3.05) is 17.2 Å². The topological polar surface area (TPSA) is 93.5 Å². The van der Waals surface area contributed by atoms with E-state index in [-0.39, 0.29) is 16.8 Å². The molecule has 1 aromatic carbocycles. The summed E-state index contributed by atoms with van der Waals surface area (Å²) in [7, 11) is 0. The van der Waals surface area contributed by atoms with E-state index in [0.717, 1.165) is 36.8 Å². The Morgan fingerprint density at radius 1 is 1.32 bits per heavy atom. The molecule has 7 nitrogen and oxygen atoms in total. The number of benzene rings is 1. The second-order valence-electron chi connectivity index (χ2n) is 6.47. The summed E-state index contributed by atoms with van der Waals surface area (Å²) in [4.78, 5) is 24.3. The molecule has 0 unspecified atom stereocenters. The number of fused-ring (bicyclic) bond motifs is 1. The molecule has 0 amide bonds. The summed E-state index contributed by atoms with van der Waals surface area (Å²) >= 11 is 6.92. The fraction of sp³-hybridized carbons (Fsp3) is 0.368. The van der Waals surface area contributed by atoms with Crippen molar-refractivity contribution in [1.29, 1.82) is 0 Å². The van der Waals surface area contributed by atoms with Crippen molar-refractivity contribution in [1.82, 2.24) is 0 Å². The van der Waals surface area contributed by atoms with Crippen molar-refractivity contribution in [3.63, 3.8) is 0 Å². The van der Waals surface area contributed by atoms with Crippen LogP contribution in [0, 0.1) is 17.0 Å². The van der Waals surface area contributed by atoms with Gasteiger partial charge in [0.1, 0.15) is 5.00 Å². The first kappa shape index (κ1) is 20.2. The summed E-state index contributed by atoms with van der Waals surface area (Å²) in [6.07, 6.45) is 3.94. The van der Waals surface area contributed by atoms with E-state index in [4.69, 9.17) is 17.0 Å². The lowest BCUT2D eigenvalue weighted by molar-refractivity contribution is -0.384. The van der Waals surface area contributed by atoms with Gasteiger partial charge in [-0.2, -0.15) is 0 Å². The minimum absolute atomic E-state index is 0.0188. The van der Waals surface area contributed by atoms with Gasteiger partial charge in [0.25, 0.3) is 5.69 Å². The van der Waals surface area contributed by atoms with Crippen LogP contribution in [0.1, 0.15) is 46.1 Å². The molecule has 1 aliphatic carbocycles. The Hall–Kier alpha value is -2.52. The molecule has 1 aliphatic rings. The van der Waals surface area contributed by atoms with E-state index in [1.165, 1.54) is 28.3 Å². The lowest BCUT2D eigenvalue weighted by atomic mass is 9.95. The standard InChI is InChI=1S/C19H21N3O4S2/c1-3-26-18(23)16-13-6-4-5-7-15(13)28-17(16)21-19(27)20-14-10-12(22(24)25)9-8-11(14)2/h8-10H,3-7H2,1-2H3,(H2,20,21,27). The Kier molecular flexibility index (Phi) is 6.25. The third-order valence-electron chi connectivity index (χ3n) is 4.56. The number of hydrogen-bond donors (Lipinski definition) is 2. The average molecular weight is 420 g/mol. The molecule has 148 valence electrons. The Bertz CT molecular complexity index is 940. The number of rotatable bonds is 5. The largest absolute Gasteiger partial charge is 0.462 e. The molecule has 0 saturated heterocycles. The van der Waals surface area contributed by atoms with Gasteiger partial charge in [0.2, 0.25) is 0 Å². The van der Waals surface area contributed by atoms with Crippen LogP contribution in [0.15, 0.2) is 18.2 Å². The van der Waals surface area contributed by atoms with Gasteiger partial charge in [-0.3, -0.25) is 10.1 Å². The minimum Gasteiger partial charge on any atom is -0.462 e. The molecular weight excluding hydrogens is 398 g/mol. The highest BCUT2D eigenvalue weighted by Crippen LogP contribution is 2.38. The number of nitro benzene ring substituents is 1. The van der Waals surface area contributed by atoms with Gasteiger partial charge in [-0.1, -0.05) is 6.07 Å². The number of nitrogens with zero attached hydrogens (tertiary/aromatic N) is 1. The van der Waals surface area contributed by atoms with E-state index in [1.807, 2.05) is 6.92 Å². The van der Waals surface area contributed by atoms with Crippen LogP contribution < -0.4 is 10.6 Å². The number of thiocarbonyl (C=S) groups is 1. The number of hydrogen-bond acceptors (Lipinski definition) is 6. The third-order valence-corrected chi connectivity index (χ3v) is 5.97. The van der Waals surface area contributed by atoms with Gasteiger partial charge >= 0.3 is 5.97 Å². The summed E-state index contributed by atoms with van der Waals surface area (Å²) in [5, 5.41) is 18.0. The molecule has 0 spiro atoms. The Morgan fingerprint density at radius 2 is 2.07 bits per heavy atom. The van der Waals surface area contributed by atoms with Crippen molar-refractivity contribution >= 4 is 51.0 Å². The summed E-state index contributed by atoms with van der Waals surface area (Å²) in [5.74, 6) is -0.348. The fourth-order valence-electron chi connectivity index (χ4n) is 3.19. The van der Waals surface area contributed by atoms with Crippen LogP contribution in [0.4, 0.5) is 16.4 Å². The predicted molar refractivity (Wildman–Crippen MR) is 115 cm³/mol. The lowest BCUT2D eigenvalue weighted by Crippen LogP contribution is -2.21. The summed E-state index contributed by atoms with van der Waals surface area (Å²) in [5.41, 5.74) is 2.96. The average Bonchev–Trinajstić information content (AvgIpc) is 3.01. The maximum Gasteiger partial charge on any atom is 0.341 e. The zero-order valence-electron chi connectivity index (χ0n) is 15.7. The Labute approximate surface area is 172 Å². The number of aryl methyl sites for hydroxylation is 2. The van der Waals surface area contributed by atoms with E-state index < -0.39 is 4.92 Å². The maximum absolute atomic E-state index is 12.5. The number of carbonyl (C=O) groups is 1. The van der Waals surface area contributed by atoms with Gasteiger partial charge in [-0.15, -0.1) is 11.3 Å². The summed E-state index contributed by atoms with van der Waals surface area (Å²) < 4.78 is 5.24. The zero-order valence-corrected chi connectivity index (χ0v) is 17.3. The molecule has 0 radical (unpaired) electrons.